The van der Waals surface area contributed by atoms with E-state index in [1.54, 1.807) is 54.6 Å². The monoisotopic (exact) mass is 530 g/mol. The van der Waals surface area contributed by atoms with Crippen LogP contribution in [0.4, 0.5) is 0 Å². The van der Waals surface area contributed by atoms with E-state index >= 15 is 0 Å². The molecule has 8 heteroatoms. The van der Waals surface area contributed by atoms with E-state index in [0.29, 0.717) is 27.1 Å². The molecule has 3 aromatic carbocycles. The van der Waals surface area contributed by atoms with Crippen molar-refractivity contribution in [2.75, 3.05) is 6.61 Å². The molecule has 152 valence electrons. The summed E-state index contributed by atoms with van der Waals surface area (Å²) in [5.74, 6) is 0.0714. The lowest BCUT2D eigenvalue weighted by atomic mass is 10.2. The highest BCUT2D eigenvalue weighted by molar-refractivity contribution is 9.10. The molecule has 0 bridgehead atoms. The van der Waals surface area contributed by atoms with Gasteiger partial charge >= 0.3 is 5.97 Å². The lowest BCUT2D eigenvalue weighted by Crippen LogP contribution is -2.24. The molecule has 3 rings (SSSR count). The molecule has 0 heterocycles. The van der Waals surface area contributed by atoms with Crippen molar-refractivity contribution in [3.05, 3.63) is 92.9 Å². The first-order valence-corrected chi connectivity index (χ1v) is 10.4. The van der Waals surface area contributed by atoms with Crippen molar-refractivity contribution in [3.8, 4) is 11.5 Å². The fraction of sp³-hybridized carbons (Fsp3) is 0.0455. The summed E-state index contributed by atoms with van der Waals surface area (Å²) in [6.07, 6.45) is 1.45. The minimum absolute atomic E-state index is 0.164. The van der Waals surface area contributed by atoms with Crippen LogP contribution in [0.2, 0.25) is 0 Å². The number of carbonyl (C=O) groups is 2. The zero-order valence-corrected chi connectivity index (χ0v) is 18.7. The van der Waals surface area contributed by atoms with Crippen LogP contribution in [0, 0.1) is 0 Å². The molecule has 0 unspecified atom stereocenters. The molecule has 3 aromatic rings. The highest BCUT2D eigenvalue weighted by Gasteiger charge is 2.11. The van der Waals surface area contributed by atoms with Gasteiger partial charge in [-0.05, 0) is 70.0 Å². The van der Waals surface area contributed by atoms with E-state index in [0.717, 1.165) is 4.47 Å². The number of amides is 1. The Bertz CT molecular complexity index is 1070. The Hall–Kier alpha value is -2.97. The van der Waals surface area contributed by atoms with Gasteiger partial charge in [0.1, 0.15) is 11.5 Å². The van der Waals surface area contributed by atoms with Crippen molar-refractivity contribution in [3.63, 3.8) is 0 Å². The molecule has 1 amide bonds. The predicted molar refractivity (Wildman–Crippen MR) is 121 cm³/mol. The summed E-state index contributed by atoms with van der Waals surface area (Å²) in [6.45, 7) is -0.164. The van der Waals surface area contributed by atoms with E-state index < -0.39 is 11.9 Å². The number of hydrogen-bond donors (Lipinski definition) is 1. The van der Waals surface area contributed by atoms with Crippen molar-refractivity contribution >= 4 is 50.0 Å². The maximum Gasteiger partial charge on any atom is 0.344 e. The number of ether oxygens (including phenoxy) is 2. The van der Waals surface area contributed by atoms with E-state index in [1.165, 1.54) is 6.21 Å². The highest BCUT2D eigenvalue weighted by atomic mass is 79.9. The van der Waals surface area contributed by atoms with Gasteiger partial charge in [-0.25, -0.2) is 10.2 Å². The Morgan fingerprint density at radius 2 is 1.70 bits per heavy atom. The summed E-state index contributed by atoms with van der Waals surface area (Å²) >= 11 is 6.66. The van der Waals surface area contributed by atoms with Crippen LogP contribution >= 0.6 is 31.9 Å². The lowest BCUT2D eigenvalue weighted by Gasteiger charge is -2.06. The van der Waals surface area contributed by atoms with Gasteiger partial charge in [0.25, 0.3) is 5.91 Å². The molecular weight excluding hydrogens is 516 g/mol. The molecule has 0 saturated carbocycles. The van der Waals surface area contributed by atoms with Gasteiger partial charge in [-0.3, -0.25) is 4.79 Å². The minimum Gasteiger partial charge on any atom is -0.484 e. The van der Waals surface area contributed by atoms with Crippen molar-refractivity contribution in [1.29, 1.82) is 0 Å². The SMILES string of the molecule is O=C(COc1ccc(Br)cc1)NN=Cc1cccc(OC(=O)c2ccccc2Br)c1. The van der Waals surface area contributed by atoms with Gasteiger partial charge in [0, 0.05) is 8.95 Å². The van der Waals surface area contributed by atoms with Crippen LogP contribution in [0.1, 0.15) is 15.9 Å². The first-order valence-electron chi connectivity index (χ1n) is 8.78. The van der Waals surface area contributed by atoms with E-state index in [4.69, 9.17) is 9.47 Å². The van der Waals surface area contributed by atoms with Gasteiger partial charge in [0.2, 0.25) is 0 Å². The van der Waals surface area contributed by atoms with Gasteiger partial charge in [-0.2, -0.15) is 5.10 Å². The molecule has 0 fully saturated rings. The Balaban J connectivity index is 1.52. The standard InChI is InChI=1S/C22H16Br2N2O4/c23-16-8-10-17(11-9-16)29-14-21(27)26-25-13-15-4-3-5-18(12-15)30-22(28)19-6-1-2-7-20(19)24/h1-13H,14H2,(H,26,27). The Labute approximate surface area is 190 Å². The average Bonchev–Trinajstić information content (AvgIpc) is 2.74. The first-order chi connectivity index (χ1) is 14.5. The Morgan fingerprint density at radius 1 is 0.933 bits per heavy atom. The molecule has 0 aliphatic heterocycles. The molecule has 0 atom stereocenters. The predicted octanol–water partition coefficient (Wildman–Crippen LogP) is 4.96. The summed E-state index contributed by atoms with van der Waals surface area (Å²) in [4.78, 5) is 24.1. The largest absolute Gasteiger partial charge is 0.484 e. The maximum atomic E-state index is 12.3. The molecule has 0 aromatic heterocycles. The van der Waals surface area contributed by atoms with E-state index in [-0.39, 0.29) is 6.61 Å². The van der Waals surface area contributed by atoms with E-state index in [2.05, 4.69) is 42.4 Å². The molecule has 6 nitrogen and oxygen atoms in total. The smallest absolute Gasteiger partial charge is 0.344 e. The lowest BCUT2D eigenvalue weighted by molar-refractivity contribution is -0.123. The van der Waals surface area contributed by atoms with Crippen LogP contribution in [0.5, 0.6) is 11.5 Å². The number of esters is 1. The molecule has 0 radical (unpaired) electrons. The average molecular weight is 532 g/mol. The van der Waals surface area contributed by atoms with Gasteiger partial charge < -0.3 is 9.47 Å². The van der Waals surface area contributed by atoms with Crippen LogP contribution in [-0.2, 0) is 4.79 Å². The van der Waals surface area contributed by atoms with Crippen molar-refractivity contribution in [2.45, 2.75) is 0 Å². The van der Waals surface area contributed by atoms with E-state index in [1.807, 2.05) is 18.2 Å². The molecule has 0 aliphatic rings. The third-order valence-electron chi connectivity index (χ3n) is 3.75. The zero-order valence-electron chi connectivity index (χ0n) is 15.5. The number of nitrogens with one attached hydrogen (secondary N) is 1. The van der Waals surface area contributed by atoms with Crippen molar-refractivity contribution < 1.29 is 19.1 Å². The number of hydrogen-bond acceptors (Lipinski definition) is 5. The van der Waals surface area contributed by atoms with Gasteiger partial charge in [0.05, 0.1) is 11.8 Å². The Morgan fingerprint density at radius 3 is 2.47 bits per heavy atom. The number of halogens is 2. The number of nitrogens with zero attached hydrogens (tertiary/aromatic N) is 1. The second-order valence-electron chi connectivity index (χ2n) is 5.98. The summed E-state index contributed by atoms with van der Waals surface area (Å²) < 4.78 is 12.4. The fourth-order valence-corrected chi connectivity index (χ4v) is 3.05. The molecule has 0 aliphatic carbocycles. The Kier molecular flexibility index (Phi) is 7.75. The summed E-state index contributed by atoms with van der Waals surface area (Å²) in [6, 6.07) is 21.0. The summed E-state index contributed by atoms with van der Waals surface area (Å²) in [5.41, 5.74) is 3.47. The van der Waals surface area contributed by atoms with Gasteiger partial charge in [-0.15, -0.1) is 0 Å². The third kappa shape index (κ3) is 6.53. The molecule has 0 spiro atoms. The first kappa shape index (κ1) is 21.7. The fourth-order valence-electron chi connectivity index (χ4n) is 2.34. The van der Waals surface area contributed by atoms with Crippen molar-refractivity contribution in [2.24, 2.45) is 5.10 Å². The number of carbonyl (C=O) groups excluding carboxylic acids is 2. The number of hydrazone groups is 1. The normalized spacial score (nSPS) is 10.6. The third-order valence-corrected chi connectivity index (χ3v) is 4.97. The van der Waals surface area contributed by atoms with Crippen LogP contribution in [0.15, 0.2) is 86.8 Å². The van der Waals surface area contributed by atoms with Crippen LogP contribution < -0.4 is 14.9 Å². The van der Waals surface area contributed by atoms with E-state index in [9.17, 15) is 9.59 Å². The second kappa shape index (κ2) is 10.7. The van der Waals surface area contributed by atoms with Crippen LogP contribution in [-0.4, -0.2) is 24.7 Å². The molecule has 1 N–H and O–H groups in total. The second-order valence-corrected chi connectivity index (χ2v) is 7.75. The van der Waals surface area contributed by atoms with Crippen molar-refractivity contribution in [1.82, 2.24) is 5.43 Å². The van der Waals surface area contributed by atoms with Gasteiger partial charge in [0.15, 0.2) is 6.61 Å². The topological polar surface area (TPSA) is 77.0 Å². The quantitative estimate of drug-likeness (QED) is 0.202. The summed E-state index contributed by atoms with van der Waals surface area (Å²) in [7, 11) is 0. The van der Waals surface area contributed by atoms with Crippen LogP contribution in [0.3, 0.4) is 0 Å². The van der Waals surface area contributed by atoms with Gasteiger partial charge in [-0.1, -0.05) is 40.2 Å². The summed E-state index contributed by atoms with van der Waals surface area (Å²) in [5, 5.41) is 3.90. The molecular formula is C22H16Br2N2O4. The molecule has 0 saturated heterocycles. The molecule has 30 heavy (non-hydrogen) atoms. The zero-order chi connectivity index (χ0) is 21.3. The highest BCUT2D eigenvalue weighted by Crippen LogP contribution is 2.20. The minimum atomic E-state index is -0.477. The number of rotatable bonds is 7. The van der Waals surface area contributed by atoms with Crippen LogP contribution in [0.25, 0.3) is 0 Å². The number of benzene rings is 3. The maximum absolute atomic E-state index is 12.3.